The third-order valence-corrected chi connectivity index (χ3v) is 9.43. The van der Waals surface area contributed by atoms with Gasteiger partial charge >= 0.3 is 5.97 Å². The summed E-state index contributed by atoms with van der Waals surface area (Å²) in [5.74, 6) is -6.11. The number of aromatic carboxylic acids is 1. The molecular weight excluding hydrogens is 873 g/mol. The Kier molecular flexibility index (Phi) is 16.0. The first-order valence-electron chi connectivity index (χ1n) is 20.2. The van der Waals surface area contributed by atoms with Gasteiger partial charge in [-0.3, -0.25) is 34.1 Å². The van der Waals surface area contributed by atoms with Crippen LogP contribution in [0.25, 0.3) is 0 Å². The first-order valence-corrected chi connectivity index (χ1v) is 20.2. The Balaban J connectivity index is 1.27. The van der Waals surface area contributed by atoms with Gasteiger partial charge < -0.3 is 56.1 Å². The summed E-state index contributed by atoms with van der Waals surface area (Å²) in [6.45, 7) is 10.2. The van der Waals surface area contributed by atoms with Crippen molar-refractivity contribution < 1.29 is 63.2 Å². The highest BCUT2D eigenvalue weighted by atomic mass is 16.6. The van der Waals surface area contributed by atoms with E-state index >= 15 is 0 Å². The number of nitro benzene ring substituents is 1. The molecule has 0 saturated carbocycles. The van der Waals surface area contributed by atoms with Crippen molar-refractivity contribution in [2.24, 2.45) is 0 Å². The van der Waals surface area contributed by atoms with Crippen LogP contribution in [0.2, 0.25) is 0 Å². The van der Waals surface area contributed by atoms with Crippen LogP contribution in [0.5, 0.6) is 17.2 Å². The predicted molar refractivity (Wildman–Crippen MR) is 245 cm³/mol. The Morgan fingerprint density at radius 1 is 0.627 bits per heavy atom. The van der Waals surface area contributed by atoms with Crippen molar-refractivity contribution in [1.82, 2.24) is 5.32 Å². The monoisotopic (exact) mass is 918 g/mol. The summed E-state index contributed by atoms with van der Waals surface area (Å²) >= 11 is 0. The van der Waals surface area contributed by atoms with Crippen molar-refractivity contribution in [3.8, 4) is 17.2 Å². The van der Waals surface area contributed by atoms with Gasteiger partial charge in [0.15, 0.2) is 11.5 Å². The summed E-state index contributed by atoms with van der Waals surface area (Å²) in [5, 5.41) is 54.9. The number of phenols is 1. The number of carboxylic acid groups (broad SMARTS) is 1. The minimum atomic E-state index is -1.54. The Morgan fingerprint density at radius 3 is 1.64 bits per heavy atom. The topological polar surface area (TPSA) is 294 Å². The molecule has 20 nitrogen and oxygen atoms in total. The molecule has 0 radical (unpaired) electrons. The minimum absolute atomic E-state index is 0.00910. The normalized spacial score (nSPS) is 11.7. The fourth-order valence-corrected chi connectivity index (χ4v) is 6.24. The SMILES string of the molecule is C=C(O)C(OC)C(NC(=O)c1ccc(NC(=O)c2ccc([N+](=O)[O-])cc2)cc1)C(=O)Nc1ccc(C(=O)Nc2ccc(C(=O)Nc3ccc(C(=O)O)cc3OC(C)C)c(O)c2OC(C)C)cc1. The molecule has 0 aliphatic rings. The lowest BCUT2D eigenvalue weighted by Gasteiger charge is -2.25. The van der Waals surface area contributed by atoms with Crippen LogP contribution < -0.4 is 36.1 Å². The fourth-order valence-electron chi connectivity index (χ4n) is 6.24. The summed E-state index contributed by atoms with van der Waals surface area (Å²) in [4.78, 5) is 88.4. The van der Waals surface area contributed by atoms with E-state index in [0.29, 0.717) is 5.69 Å². The number of amides is 5. The zero-order valence-corrected chi connectivity index (χ0v) is 36.6. The maximum absolute atomic E-state index is 13.6. The molecule has 0 saturated heterocycles. The number of carboxylic acids is 1. The van der Waals surface area contributed by atoms with Crippen molar-refractivity contribution in [2.75, 3.05) is 28.4 Å². The number of hydrogen-bond acceptors (Lipinski definition) is 13. The molecule has 8 N–H and O–H groups in total. The number of aliphatic hydroxyl groups is 1. The second kappa shape index (κ2) is 21.7. The van der Waals surface area contributed by atoms with E-state index in [0.717, 1.165) is 0 Å². The maximum atomic E-state index is 13.6. The molecule has 2 unspecified atom stereocenters. The van der Waals surface area contributed by atoms with Gasteiger partial charge in [-0.2, -0.15) is 0 Å². The molecule has 0 aliphatic heterocycles. The second-order valence-electron chi connectivity index (χ2n) is 15.1. The van der Waals surface area contributed by atoms with E-state index in [2.05, 4.69) is 33.2 Å². The standard InChI is InChI=1S/C47H46N6O14/c1-24(2)66-37-23-30(47(61)62)13-21-35(37)50-45(59)34-20-22-36(41(39(34)55)67-25(3)4)51-43(57)27-7-16-32(17-8-27)49-46(60)38(40(65-6)26(5)54)52-44(58)28-9-14-31(15-10-28)48-42(56)29-11-18-33(19-12-29)53(63)64/h7-25,38,40,54-55H,5H2,1-4,6H3,(H,48,56)(H,49,60)(H,50,59)(H,51,57)(H,52,58)(H,61,62). The molecule has 2 atom stereocenters. The predicted octanol–water partition coefficient (Wildman–Crippen LogP) is 7.15. The van der Waals surface area contributed by atoms with Crippen molar-refractivity contribution in [1.29, 1.82) is 0 Å². The van der Waals surface area contributed by atoms with Crippen LogP contribution in [-0.4, -0.2) is 87.2 Å². The first kappa shape index (κ1) is 49.2. The van der Waals surface area contributed by atoms with Gasteiger partial charge in [0, 0.05) is 47.3 Å². The number of rotatable bonds is 19. The molecule has 5 aromatic carbocycles. The van der Waals surface area contributed by atoms with Crippen LogP contribution in [0, 0.1) is 10.1 Å². The number of benzene rings is 5. The lowest BCUT2D eigenvalue weighted by molar-refractivity contribution is -0.384. The first-order chi connectivity index (χ1) is 31.8. The number of phenolic OH excluding ortho intramolecular Hbond substituents is 1. The smallest absolute Gasteiger partial charge is 0.335 e. The largest absolute Gasteiger partial charge is 0.510 e. The van der Waals surface area contributed by atoms with Crippen molar-refractivity contribution in [3.63, 3.8) is 0 Å². The molecule has 0 bridgehead atoms. The second-order valence-corrected chi connectivity index (χ2v) is 15.1. The van der Waals surface area contributed by atoms with E-state index in [9.17, 15) is 54.2 Å². The van der Waals surface area contributed by atoms with Crippen molar-refractivity contribution in [3.05, 3.63) is 153 Å². The van der Waals surface area contributed by atoms with Crippen molar-refractivity contribution in [2.45, 2.75) is 52.0 Å². The molecule has 0 heterocycles. The number of nitro groups is 1. The number of nitrogens with one attached hydrogen (secondary N) is 5. The summed E-state index contributed by atoms with van der Waals surface area (Å²) in [7, 11) is 1.19. The van der Waals surface area contributed by atoms with Crippen LogP contribution in [0.1, 0.15) is 79.5 Å². The molecule has 20 heteroatoms. The van der Waals surface area contributed by atoms with Crippen LogP contribution in [-0.2, 0) is 9.53 Å². The molecule has 5 amide bonds. The Bertz CT molecular complexity index is 2700. The number of aromatic hydroxyl groups is 1. The van der Waals surface area contributed by atoms with E-state index in [1.54, 1.807) is 27.7 Å². The number of methoxy groups -OCH3 is 1. The highest BCUT2D eigenvalue weighted by molar-refractivity contribution is 6.10. The fraction of sp³-hybridized carbons (Fsp3) is 0.191. The highest BCUT2D eigenvalue weighted by Gasteiger charge is 2.33. The van der Waals surface area contributed by atoms with Crippen LogP contribution in [0.4, 0.5) is 28.4 Å². The van der Waals surface area contributed by atoms with Gasteiger partial charge in [0.2, 0.25) is 5.91 Å². The average Bonchev–Trinajstić information content (AvgIpc) is 3.28. The molecule has 0 aromatic heterocycles. The number of non-ortho nitro benzene ring substituents is 1. The average molecular weight is 919 g/mol. The van der Waals surface area contributed by atoms with Gasteiger partial charge in [-0.05, 0) is 119 Å². The number of hydrogen-bond donors (Lipinski definition) is 8. The maximum Gasteiger partial charge on any atom is 0.335 e. The molecule has 5 rings (SSSR count). The lowest BCUT2D eigenvalue weighted by atomic mass is 10.1. The molecule has 0 aliphatic carbocycles. The van der Waals surface area contributed by atoms with E-state index in [1.807, 2.05) is 0 Å². The third-order valence-electron chi connectivity index (χ3n) is 9.43. The summed E-state index contributed by atoms with van der Waals surface area (Å²) < 4.78 is 16.8. The Hall–Kier alpha value is -8.78. The van der Waals surface area contributed by atoms with Gasteiger partial charge in [-0.25, -0.2) is 4.79 Å². The van der Waals surface area contributed by atoms with Gasteiger partial charge in [0.1, 0.15) is 23.7 Å². The quantitative estimate of drug-likeness (QED) is 0.0232. The molecule has 0 spiro atoms. The van der Waals surface area contributed by atoms with Crippen LogP contribution >= 0.6 is 0 Å². The molecule has 5 aromatic rings. The Labute approximate surface area is 382 Å². The third kappa shape index (κ3) is 12.7. The summed E-state index contributed by atoms with van der Waals surface area (Å²) in [6, 6.07) is 21.0. The zero-order valence-electron chi connectivity index (χ0n) is 36.6. The van der Waals surface area contributed by atoms with Crippen molar-refractivity contribution >= 4 is 63.9 Å². The van der Waals surface area contributed by atoms with E-state index in [1.165, 1.54) is 110 Å². The van der Waals surface area contributed by atoms with E-state index in [-0.39, 0.29) is 68.2 Å². The molecule has 67 heavy (non-hydrogen) atoms. The molecule has 0 fully saturated rings. The van der Waals surface area contributed by atoms with Crippen LogP contribution in [0.3, 0.4) is 0 Å². The number of carbonyl (C=O) groups is 6. The van der Waals surface area contributed by atoms with Crippen LogP contribution in [0.15, 0.2) is 115 Å². The number of ether oxygens (including phenoxy) is 3. The molecular formula is C47H46N6O14. The van der Waals surface area contributed by atoms with Gasteiger partial charge in [-0.15, -0.1) is 0 Å². The van der Waals surface area contributed by atoms with E-state index in [4.69, 9.17) is 14.2 Å². The lowest BCUT2D eigenvalue weighted by Crippen LogP contribution is -2.52. The molecule has 348 valence electrons. The van der Waals surface area contributed by atoms with E-state index < -0.39 is 70.2 Å². The summed E-state index contributed by atoms with van der Waals surface area (Å²) in [5.41, 5.74) is 0.437. The summed E-state index contributed by atoms with van der Waals surface area (Å²) in [6.07, 6.45) is -2.30. The minimum Gasteiger partial charge on any atom is -0.510 e. The number of nitrogens with zero attached hydrogens (tertiary/aromatic N) is 1. The van der Waals surface area contributed by atoms with Gasteiger partial charge in [0.05, 0.1) is 39.6 Å². The van der Waals surface area contributed by atoms with Gasteiger partial charge in [-0.1, -0.05) is 6.58 Å². The highest BCUT2D eigenvalue weighted by Crippen LogP contribution is 2.39. The Morgan fingerprint density at radius 2 is 1.12 bits per heavy atom. The van der Waals surface area contributed by atoms with Gasteiger partial charge in [0.25, 0.3) is 29.3 Å². The number of aliphatic hydroxyl groups excluding tert-OH is 1. The number of carbonyl (C=O) groups excluding carboxylic acids is 5. The zero-order chi connectivity index (χ0) is 49.1. The number of anilines is 4.